The second kappa shape index (κ2) is 23.5. The summed E-state index contributed by atoms with van der Waals surface area (Å²) in [5.41, 5.74) is -28.5. The number of pyridine rings is 1. The molecular weight excluding hydrogens is 1270 g/mol. The van der Waals surface area contributed by atoms with Crippen LogP contribution in [0.15, 0.2) is 194 Å². The lowest BCUT2D eigenvalue weighted by molar-refractivity contribution is -0.689. The van der Waals surface area contributed by atoms with Crippen LogP contribution in [-0.2, 0) is 56.0 Å². The maximum atomic E-state index is 14.2. The zero-order valence-electron chi connectivity index (χ0n) is 45.1. The van der Waals surface area contributed by atoms with E-state index in [0.717, 1.165) is 37.9 Å². The van der Waals surface area contributed by atoms with Gasteiger partial charge in [0.2, 0.25) is 0 Å². The molecule has 0 N–H and O–H groups in total. The van der Waals surface area contributed by atoms with Crippen molar-refractivity contribution in [3.8, 4) is 5.75 Å². The molecule has 1 aromatic heterocycles. The van der Waals surface area contributed by atoms with Gasteiger partial charge < -0.3 is 4.74 Å². The van der Waals surface area contributed by atoms with Gasteiger partial charge in [-0.15, -0.1) is 0 Å². The van der Waals surface area contributed by atoms with Gasteiger partial charge in [0.05, 0.1) is 49.9 Å². The molecule has 0 saturated heterocycles. The fourth-order valence-corrected chi connectivity index (χ4v) is 10.7. The molecule has 0 bridgehead atoms. The lowest BCUT2D eigenvalue weighted by atomic mass is 9.12. The van der Waals surface area contributed by atoms with Crippen molar-refractivity contribution in [3.05, 3.63) is 250 Å². The molecule has 3 nitrogen and oxygen atoms in total. The maximum Gasteiger partial charge on any atom is 0.416 e. The lowest BCUT2D eigenvalue weighted by Crippen LogP contribution is -2.75. The van der Waals surface area contributed by atoms with Crippen LogP contribution in [0, 0.1) is 0 Å². The number of nitrogens with zero attached hydrogens (tertiary/aromatic N) is 1. The average molecular weight is 1300 g/mol. The zero-order valence-corrected chi connectivity index (χ0v) is 45.1. The summed E-state index contributed by atoms with van der Waals surface area (Å²) in [7, 11) is 0. The first-order valence-corrected chi connectivity index (χ1v) is 26.0. The van der Waals surface area contributed by atoms with E-state index < -0.39 is 195 Å². The van der Waals surface area contributed by atoms with Gasteiger partial charge in [-0.05, 0) is 52.6 Å². The van der Waals surface area contributed by atoms with Gasteiger partial charge in [0.1, 0.15) is 11.9 Å². The largest absolute Gasteiger partial charge is 0.417 e. The van der Waals surface area contributed by atoms with Crippen LogP contribution in [-0.4, -0.2) is 12.1 Å². The maximum absolute atomic E-state index is 14.2. The molecule has 1 heterocycles. The Kier molecular flexibility index (Phi) is 17.1. The van der Waals surface area contributed by atoms with Gasteiger partial charge in [0.25, 0.3) is 5.69 Å². The van der Waals surface area contributed by atoms with Crippen molar-refractivity contribution in [2.45, 2.75) is 56.0 Å². The van der Waals surface area contributed by atoms with Crippen LogP contribution in [0.1, 0.15) is 60.6 Å². The molecule has 9 aromatic carbocycles. The van der Waals surface area contributed by atoms with Crippen molar-refractivity contribution < 1.29 is 119 Å². The van der Waals surface area contributed by atoms with E-state index in [1.54, 1.807) is 0 Å². The van der Waals surface area contributed by atoms with E-state index in [0.29, 0.717) is 18.0 Å². The number of halogens is 24. The molecule has 0 amide bonds. The summed E-state index contributed by atoms with van der Waals surface area (Å²) in [6, 6.07) is 29.5. The van der Waals surface area contributed by atoms with Crippen LogP contribution in [0.3, 0.4) is 0 Å². The normalized spacial score (nSPS) is 13.1. The molecule has 0 aliphatic rings. The fourth-order valence-electron chi connectivity index (χ4n) is 10.7. The molecule has 0 radical (unpaired) electrons. The molecule has 10 rings (SSSR count). The minimum absolute atomic E-state index is 0.366. The van der Waals surface area contributed by atoms with Crippen molar-refractivity contribution in [1.29, 1.82) is 0 Å². The highest BCUT2D eigenvalue weighted by Gasteiger charge is 2.47. The van der Waals surface area contributed by atoms with E-state index in [2.05, 4.69) is 18.2 Å². The molecule has 0 fully saturated rings. The third-order valence-corrected chi connectivity index (χ3v) is 14.7. The Labute approximate surface area is 496 Å². The molecule has 0 atom stereocenters. The van der Waals surface area contributed by atoms with E-state index in [1.807, 2.05) is 108 Å². The standard InChI is InChI=1S/C32H12BF24.C31H22NO2/c34-25(35,36)13-1-14(26(37,38)39)6-21(5-13)33(22-7-15(27(40,41)42)2-16(8-22)28(43,44)45,23-9-17(29(46,47)48)3-18(10-23)30(49,50)51)24-11-19(31(52,53)54)4-20(12-24)32(55,56)57;33-31(34-30-27-16-8-5-13-24(27)20-25-14-6-9-17-28(25)30)29-26-15-7-4-12-23(26)18-19-32(29)21-22-10-2-1-3-11-22/h1-12H;1-20H,21H2/q-1;+1. The summed E-state index contributed by atoms with van der Waals surface area (Å²) in [4.78, 5) is 13.9. The highest BCUT2D eigenvalue weighted by molar-refractivity contribution is 7.20. The average Bonchev–Trinajstić information content (AvgIpc) is 0.711. The number of fused-ring (bicyclic) bond motifs is 3. The number of alkyl halides is 24. The van der Waals surface area contributed by atoms with Crippen LogP contribution in [0.2, 0.25) is 0 Å². The monoisotopic (exact) mass is 1300 g/mol. The van der Waals surface area contributed by atoms with Crippen molar-refractivity contribution in [2.24, 2.45) is 0 Å². The molecule has 0 unspecified atom stereocenters. The first kappa shape index (κ1) is 66.2. The Hall–Kier alpha value is -9.24. The van der Waals surface area contributed by atoms with Gasteiger partial charge in [-0.1, -0.05) is 146 Å². The first-order valence-electron chi connectivity index (χ1n) is 26.0. The van der Waals surface area contributed by atoms with Gasteiger partial charge in [0.15, 0.2) is 12.7 Å². The van der Waals surface area contributed by atoms with E-state index in [-0.39, 0.29) is 5.97 Å². The predicted molar refractivity (Wildman–Crippen MR) is 286 cm³/mol. The van der Waals surface area contributed by atoms with Gasteiger partial charge in [-0.3, -0.25) is 0 Å². The van der Waals surface area contributed by atoms with Crippen LogP contribution in [0.4, 0.5) is 105 Å². The summed E-state index contributed by atoms with van der Waals surface area (Å²) >= 11 is 0. The van der Waals surface area contributed by atoms with Crippen molar-refractivity contribution >= 4 is 66.3 Å². The lowest BCUT2D eigenvalue weighted by Gasteiger charge is -2.46. The molecule has 0 saturated carbocycles. The number of carbonyl (C=O) groups is 1. The molecule has 91 heavy (non-hydrogen) atoms. The second-order valence-electron chi connectivity index (χ2n) is 20.6. The highest BCUT2D eigenvalue weighted by atomic mass is 19.4. The summed E-state index contributed by atoms with van der Waals surface area (Å²) < 4.78 is 349. The number of carbonyl (C=O) groups excluding carboxylic acids is 1. The Morgan fingerprint density at radius 2 is 0.593 bits per heavy atom. The number of rotatable bonds is 8. The quantitative estimate of drug-likeness (QED) is 0.0379. The number of hydrogen-bond donors (Lipinski definition) is 0. The Balaban J connectivity index is 0.000000242. The Morgan fingerprint density at radius 1 is 0.319 bits per heavy atom. The van der Waals surface area contributed by atoms with Gasteiger partial charge in [-0.25, -0.2) is 4.79 Å². The van der Waals surface area contributed by atoms with E-state index in [9.17, 15) is 110 Å². The fraction of sp³-hybridized carbons (Fsp3) is 0.143. The van der Waals surface area contributed by atoms with Gasteiger partial charge in [0, 0.05) is 22.4 Å². The van der Waals surface area contributed by atoms with Crippen LogP contribution >= 0.6 is 0 Å². The predicted octanol–water partition coefficient (Wildman–Crippen LogP) is 17.9. The number of hydrogen-bond acceptors (Lipinski definition) is 2. The van der Waals surface area contributed by atoms with Crippen LogP contribution < -0.4 is 31.2 Å². The van der Waals surface area contributed by atoms with Crippen LogP contribution in [0.5, 0.6) is 5.75 Å². The minimum atomic E-state index is -6.13. The van der Waals surface area contributed by atoms with Crippen molar-refractivity contribution in [2.75, 3.05) is 0 Å². The molecule has 0 aliphatic carbocycles. The van der Waals surface area contributed by atoms with Crippen LogP contribution in [0.25, 0.3) is 32.3 Å². The minimum Gasteiger partial charge on any atom is -0.417 e. The van der Waals surface area contributed by atoms with E-state index in [1.165, 1.54) is 0 Å². The molecule has 10 aromatic rings. The van der Waals surface area contributed by atoms with Gasteiger partial charge >= 0.3 is 55.4 Å². The first-order chi connectivity index (χ1) is 42.0. The van der Waals surface area contributed by atoms with Crippen molar-refractivity contribution in [3.63, 3.8) is 0 Å². The second-order valence-corrected chi connectivity index (χ2v) is 20.6. The van der Waals surface area contributed by atoms with Crippen molar-refractivity contribution in [1.82, 2.24) is 0 Å². The summed E-state index contributed by atoms with van der Waals surface area (Å²) in [6.45, 7) is 0.576. The molecular formula is C63H34BF24NO2. The van der Waals surface area contributed by atoms with E-state index in [4.69, 9.17) is 4.74 Å². The Morgan fingerprint density at radius 3 is 0.901 bits per heavy atom. The summed E-state index contributed by atoms with van der Waals surface area (Å²) in [6.07, 6.45) is -52.8. The van der Waals surface area contributed by atoms with E-state index >= 15 is 0 Å². The molecule has 28 heteroatoms. The number of ether oxygens (including phenoxy) is 1. The molecule has 474 valence electrons. The summed E-state index contributed by atoms with van der Waals surface area (Å²) in [5.74, 6) is 0.229. The zero-order chi connectivity index (χ0) is 66.8. The Bertz CT molecular complexity index is 3900. The number of aromatic nitrogens is 1. The number of esters is 1. The smallest absolute Gasteiger partial charge is 0.416 e. The third-order valence-electron chi connectivity index (χ3n) is 14.7. The summed E-state index contributed by atoms with van der Waals surface area (Å²) in [5, 5.41) is 5.80. The third kappa shape index (κ3) is 14.1. The molecule has 0 spiro atoms. The van der Waals surface area contributed by atoms with Gasteiger partial charge in [-0.2, -0.15) is 132 Å². The number of benzene rings is 9. The highest BCUT2D eigenvalue weighted by Crippen LogP contribution is 2.42. The SMILES string of the molecule is FC(F)(F)c1cc([B-](c2cc(C(F)(F)F)cc(C(F)(F)F)c2)(c2cc(C(F)(F)F)cc(C(F)(F)F)c2)c2cc(C(F)(F)F)cc(C(F)(F)F)c2)cc(C(F)(F)F)c1.O=C(Oc1c2ccccc2cc2ccccc12)c1c2ccccc2cc[n+]1Cc1ccccc1. The molecule has 0 aliphatic heterocycles. The topological polar surface area (TPSA) is 30.2 Å².